The lowest BCUT2D eigenvalue weighted by Gasteiger charge is -2.40. The molecule has 0 aromatic rings. The fourth-order valence-corrected chi connectivity index (χ4v) is 1.55. The monoisotopic (exact) mass is 224 g/mol. The van der Waals surface area contributed by atoms with Crippen molar-refractivity contribution in [1.82, 2.24) is 0 Å². The average Bonchev–Trinajstić information content (AvgIpc) is 2.27. The zero-order chi connectivity index (χ0) is 12.1. The predicted molar refractivity (Wildman–Crippen MR) is 67.3 cm³/mol. The highest BCUT2D eigenvalue weighted by atomic mass is 16.7. The van der Waals surface area contributed by atoms with E-state index in [1.54, 1.807) is 6.08 Å². The fraction of sp³-hybridized carbons (Fsp3) is 0.714. The van der Waals surface area contributed by atoms with Crippen molar-refractivity contribution >= 4 is 0 Å². The summed E-state index contributed by atoms with van der Waals surface area (Å²) in [7, 11) is 0. The molecule has 2 nitrogen and oxygen atoms in total. The van der Waals surface area contributed by atoms with Gasteiger partial charge in [0.25, 0.3) is 0 Å². The van der Waals surface area contributed by atoms with Crippen LogP contribution in [0.3, 0.4) is 0 Å². The molecule has 16 heavy (non-hydrogen) atoms. The van der Waals surface area contributed by atoms with Crippen LogP contribution >= 0.6 is 0 Å². The fourth-order valence-electron chi connectivity index (χ4n) is 1.55. The standard InChI is InChI=1S/C14H24O2/c1-5-7-8-9-10-14(6-2)15-11-13(3,4)12-16-14/h6,9-10H,2,5,7-8,11-12H2,1,3-4H3/b10-9-. The zero-order valence-electron chi connectivity index (χ0n) is 10.8. The molecule has 1 heterocycles. The van der Waals surface area contributed by atoms with Crippen molar-refractivity contribution in [2.45, 2.75) is 45.8 Å². The maximum Gasteiger partial charge on any atom is 0.207 e. The smallest absolute Gasteiger partial charge is 0.207 e. The van der Waals surface area contributed by atoms with Gasteiger partial charge in [-0.05, 0) is 18.6 Å². The summed E-state index contributed by atoms with van der Waals surface area (Å²) in [5.41, 5.74) is 0.101. The van der Waals surface area contributed by atoms with Crippen LogP contribution < -0.4 is 0 Å². The lowest BCUT2D eigenvalue weighted by Crippen LogP contribution is -2.45. The number of ether oxygens (including phenoxy) is 2. The minimum Gasteiger partial charge on any atom is -0.342 e. The van der Waals surface area contributed by atoms with Gasteiger partial charge in [0.2, 0.25) is 5.79 Å². The summed E-state index contributed by atoms with van der Waals surface area (Å²) in [6, 6.07) is 0. The van der Waals surface area contributed by atoms with Gasteiger partial charge < -0.3 is 9.47 Å². The first-order valence-electron chi connectivity index (χ1n) is 6.13. The molecule has 0 aliphatic carbocycles. The van der Waals surface area contributed by atoms with Crippen LogP contribution in [-0.2, 0) is 9.47 Å². The van der Waals surface area contributed by atoms with Crippen molar-refractivity contribution in [2.75, 3.05) is 13.2 Å². The van der Waals surface area contributed by atoms with Gasteiger partial charge in [-0.1, -0.05) is 46.3 Å². The van der Waals surface area contributed by atoms with Crippen molar-refractivity contribution in [3.8, 4) is 0 Å². The highest BCUT2D eigenvalue weighted by Crippen LogP contribution is 2.31. The molecule has 0 atom stereocenters. The van der Waals surface area contributed by atoms with Crippen molar-refractivity contribution in [3.05, 3.63) is 24.8 Å². The van der Waals surface area contributed by atoms with Crippen LogP contribution in [0.25, 0.3) is 0 Å². The van der Waals surface area contributed by atoms with Gasteiger partial charge in [0.05, 0.1) is 13.2 Å². The minimum absolute atomic E-state index is 0.101. The molecule has 1 saturated heterocycles. The quantitative estimate of drug-likeness (QED) is 0.524. The molecule has 1 fully saturated rings. The van der Waals surface area contributed by atoms with E-state index in [1.807, 2.05) is 6.08 Å². The van der Waals surface area contributed by atoms with E-state index < -0.39 is 5.79 Å². The number of allylic oxidation sites excluding steroid dienone is 1. The van der Waals surface area contributed by atoms with Crippen LogP contribution in [0.5, 0.6) is 0 Å². The molecule has 0 amide bonds. The third kappa shape index (κ3) is 3.76. The van der Waals surface area contributed by atoms with Crippen LogP contribution in [0.4, 0.5) is 0 Å². The number of rotatable bonds is 5. The van der Waals surface area contributed by atoms with Crippen LogP contribution in [0.15, 0.2) is 24.8 Å². The highest BCUT2D eigenvalue weighted by Gasteiger charge is 2.36. The molecule has 0 unspecified atom stereocenters. The molecule has 0 bridgehead atoms. The molecule has 0 aromatic carbocycles. The topological polar surface area (TPSA) is 18.5 Å². The van der Waals surface area contributed by atoms with E-state index >= 15 is 0 Å². The van der Waals surface area contributed by atoms with Crippen LogP contribution in [0.2, 0.25) is 0 Å². The maximum atomic E-state index is 5.78. The summed E-state index contributed by atoms with van der Waals surface area (Å²) < 4.78 is 11.6. The predicted octanol–water partition coefficient (Wildman–Crippen LogP) is 3.69. The molecule has 2 heteroatoms. The first kappa shape index (κ1) is 13.5. The number of unbranched alkanes of at least 4 members (excludes halogenated alkanes) is 2. The third-order valence-corrected chi connectivity index (χ3v) is 2.74. The summed E-state index contributed by atoms with van der Waals surface area (Å²) in [4.78, 5) is 0. The van der Waals surface area contributed by atoms with Gasteiger partial charge in [-0.3, -0.25) is 0 Å². The minimum atomic E-state index is -0.691. The molecule has 0 aromatic heterocycles. The van der Waals surface area contributed by atoms with E-state index in [9.17, 15) is 0 Å². The van der Waals surface area contributed by atoms with E-state index in [4.69, 9.17) is 9.47 Å². The van der Waals surface area contributed by atoms with Gasteiger partial charge in [-0.2, -0.15) is 0 Å². The lowest BCUT2D eigenvalue weighted by molar-refractivity contribution is -0.245. The largest absolute Gasteiger partial charge is 0.342 e. The average molecular weight is 224 g/mol. The Bertz CT molecular complexity index is 243. The van der Waals surface area contributed by atoms with Crippen LogP contribution in [-0.4, -0.2) is 19.0 Å². The second-order valence-electron chi connectivity index (χ2n) is 5.21. The summed E-state index contributed by atoms with van der Waals surface area (Å²) >= 11 is 0. The maximum absolute atomic E-state index is 5.78. The summed E-state index contributed by atoms with van der Waals surface area (Å²) in [5, 5.41) is 0. The number of hydrogen-bond acceptors (Lipinski definition) is 2. The van der Waals surface area contributed by atoms with E-state index in [0.717, 1.165) is 6.42 Å². The number of hydrogen-bond donors (Lipinski definition) is 0. The molecule has 0 spiro atoms. The van der Waals surface area contributed by atoms with E-state index in [1.165, 1.54) is 12.8 Å². The molecule has 0 N–H and O–H groups in total. The Labute approximate surface area is 99.3 Å². The van der Waals surface area contributed by atoms with E-state index in [0.29, 0.717) is 13.2 Å². The normalized spacial score (nSPS) is 23.4. The Hall–Kier alpha value is -0.600. The molecular formula is C14H24O2. The second kappa shape index (κ2) is 5.65. The molecule has 1 aliphatic rings. The second-order valence-corrected chi connectivity index (χ2v) is 5.21. The van der Waals surface area contributed by atoms with Gasteiger partial charge in [-0.25, -0.2) is 0 Å². The summed E-state index contributed by atoms with van der Waals surface area (Å²) in [5.74, 6) is -0.691. The van der Waals surface area contributed by atoms with Crippen molar-refractivity contribution < 1.29 is 9.47 Å². The Morgan fingerprint density at radius 3 is 2.38 bits per heavy atom. The summed E-state index contributed by atoms with van der Waals surface area (Å²) in [6.07, 6.45) is 9.34. The van der Waals surface area contributed by atoms with Crippen molar-refractivity contribution in [2.24, 2.45) is 5.41 Å². The molecule has 0 radical (unpaired) electrons. The highest BCUT2D eigenvalue weighted by molar-refractivity contribution is 5.08. The van der Waals surface area contributed by atoms with Gasteiger partial charge >= 0.3 is 0 Å². The lowest BCUT2D eigenvalue weighted by atomic mass is 9.94. The van der Waals surface area contributed by atoms with Crippen LogP contribution in [0.1, 0.15) is 40.0 Å². The zero-order valence-corrected chi connectivity index (χ0v) is 10.8. The van der Waals surface area contributed by atoms with Crippen LogP contribution in [0, 0.1) is 5.41 Å². The van der Waals surface area contributed by atoms with Crippen molar-refractivity contribution in [1.29, 1.82) is 0 Å². The SMILES string of the molecule is C=CC1(/C=C\CCCC)OCC(C)(C)CO1. The van der Waals surface area contributed by atoms with Gasteiger partial charge in [-0.15, -0.1) is 0 Å². The van der Waals surface area contributed by atoms with E-state index in [2.05, 4.69) is 33.4 Å². The molecule has 92 valence electrons. The van der Waals surface area contributed by atoms with Gasteiger partial charge in [0.1, 0.15) is 0 Å². The van der Waals surface area contributed by atoms with Gasteiger partial charge in [0, 0.05) is 5.41 Å². The Morgan fingerprint density at radius 2 is 1.88 bits per heavy atom. The summed E-state index contributed by atoms with van der Waals surface area (Å²) in [6.45, 7) is 11.7. The van der Waals surface area contributed by atoms with Gasteiger partial charge in [0.15, 0.2) is 0 Å². The Morgan fingerprint density at radius 1 is 1.25 bits per heavy atom. The first-order chi connectivity index (χ1) is 7.54. The molecule has 1 rings (SSSR count). The molecule has 1 aliphatic heterocycles. The Kier molecular flexibility index (Phi) is 4.75. The molecular weight excluding hydrogens is 200 g/mol. The van der Waals surface area contributed by atoms with E-state index in [-0.39, 0.29) is 5.41 Å². The Balaban J connectivity index is 2.52. The molecule has 0 saturated carbocycles. The first-order valence-corrected chi connectivity index (χ1v) is 6.13. The van der Waals surface area contributed by atoms with Crippen molar-refractivity contribution in [3.63, 3.8) is 0 Å². The third-order valence-electron chi connectivity index (χ3n) is 2.74.